The van der Waals surface area contributed by atoms with Crippen molar-refractivity contribution < 1.29 is 102 Å². The Bertz CT molecular complexity index is 359. The van der Waals surface area contributed by atoms with Gasteiger partial charge in [0.1, 0.15) is 0 Å². The van der Waals surface area contributed by atoms with E-state index in [2.05, 4.69) is 6.92 Å². The van der Waals surface area contributed by atoms with Gasteiger partial charge in [-0.1, -0.05) is 103 Å². The van der Waals surface area contributed by atoms with Gasteiger partial charge in [-0.15, -0.1) is 0 Å². The smallest absolute Gasteiger partial charge is 0.822 e. The number of hydrogen-bond donors (Lipinski definition) is 1. The van der Waals surface area contributed by atoms with Crippen LogP contribution in [-0.2, 0) is 67.6 Å². The zero-order chi connectivity index (χ0) is 23.0. The largest absolute Gasteiger partial charge is 2.00 e. The van der Waals surface area contributed by atoms with Crippen LogP contribution in [0.25, 0.3) is 0 Å². The van der Waals surface area contributed by atoms with Crippen LogP contribution in [0.4, 0.5) is 0 Å². The van der Waals surface area contributed by atoms with Crippen molar-refractivity contribution in [3.63, 3.8) is 0 Å². The molecule has 14 heteroatoms. The Morgan fingerprint density at radius 3 is 0.781 bits per heavy atom. The van der Waals surface area contributed by atoms with Crippen LogP contribution in [0.15, 0.2) is 0 Å². The summed E-state index contributed by atoms with van der Waals surface area (Å²) in [7, 11) is -10.8. The molecule has 180 valence electrons. The minimum atomic E-state index is -5.39. The third-order valence-corrected chi connectivity index (χ3v) is 4.01. The second kappa shape index (κ2) is 35.2. The molecule has 0 rings (SSSR count). The third kappa shape index (κ3) is 94.8. The van der Waals surface area contributed by atoms with Crippen molar-refractivity contribution in [1.82, 2.24) is 0 Å². The molecule has 0 amide bonds. The average molecular weight is 657 g/mol. The summed E-state index contributed by atoms with van der Waals surface area (Å²) < 4.78 is 17.1. The maximum absolute atomic E-state index is 8.67. The van der Waals surface area contributed by atoms with Crippen molar-refractivity contribution in [1.29, 1.82) is 0 Å². The van der Waals surface area contributed by atoms with E-state index < -0.39 is 15.6 Å². The summed E-state index contributed by atoms with van der Waals surface area (Å²) in [6, 6.07) is 0. The molecule has 0 aliphatic heterocycles. The van der Waals surface area contributed by atoms with Gasteiger partial charge in [0.15, 0.2) is 0 Å². The monoisotopic (exact) mass is 652 g/mol. The molecule has 32 heavy (non-hydrogen) atoms. The Kier molecular flexibility index (Phi) is 52.0. The Morgan fingerprint density at radius 1 is 0.469 bits per heavy atom. The van der Waals surface area contributed by atoms with Gasteiger partial charge in [0.25, 0.3) is 0 Å². The van der Waals surface area contributed by atoms with Crippen LogP contribution in [0.3, 0.4) is 0 Å². The second-order valence-corrected chi connectivity index (χ2v) is 8.71. The van der Waals surface area contributed by atoms with E-state index in [0.717, 1.165) is 6.42 Å². The molecule has 0 saturated carbocycles. The summed E-state index contributed by atoms with van der Waals surface area (Å²) in [6.45, 7) is 2.66. The number of aliphatic hydroxyl groups excluding tert-OH is 1. The molecule has 9 nitrogen and oxygen atoms in total. The van der Waals surface area contributed by atoms with E-state index in [1.165, 1.54) is 96.3 Å². The van der Waals surface area contributed by atoms with Crippen molar-refractivity contribution >= 4 is 15.6 Å². The summed E-state index contributed by atoms with van der Waals surface area (Å²) in [5, 5.41) is 8.67. The van der Waals surface area contributed by atoms with Crippen molar-refractivity contribution in [2.24, 2.45) is 0 Å². The summed E-state index contributed by atoms with van der Waals surface area (Å²) in [5.41, 5.74) is 0. The molecule has 0 unspecified atom stereocenters. The first-order valence-corrected chi connectivity index (χ1v) is 13.4. The standard InChI is InChI=1S/C18H38O.2H3O4P.3Zn/c1-2-3-4-5-6-7-8-9-10-11-12-13-14-15-16-17-18-19;2*1-5(2,3)4;;;/h19H,2-18H2,1H3;2*(H3,1,2,3,4);;;/q;;;3*+2/p-6. The number of unbranched alkanes of at least 4 members (excludes halogenated alkanes) is 15. The Morgan fingerprint density at radius 2 is 0.625 bits per heavy atom. The first kappa shape index (κ1) is 47.3. The van der Waals surface area contributed by atoms with Gasteiger partial charge in [0.2, 0.25) is 0 Å². The van der Waals surface area contributed by atoms with Gasteiger partial charge in [-0.3, -0.25) is 0 Å². The van der Waals surface area contributed by atoms with E-state index in [1.807, 2.05) is 0 Å². The van der Waals surface area contributed by atoms with E-state index in [4.69, 9.17) is 43.6 Å². The molecule has 0 atom stereocenters. The fourth-order valence-electron chi connectivity index (χ4n) is 2.66. The molecule has 0 bridgehead atoms. The van der Waals surface area contributed by atoms with Gasteiger partial charge in [-0.25, -0.2) is 0 Å². The van der Waals surface area contributed by atoms with Crippen LogP contribution in [-0.4, -0.2) is 11.7 Å². The first-order chi connectivity index (χ1) is 13.4. The predicted octanol–water partition coefficient (Wildman–Crippen LogP) is 0.584. The normalized spacial score (nSPS) is 10.2. The fourth-order valence-corrected chi connectivity index (χ4v) is 2.66. The Labute approximate surface area is 232 Å². The molecule has 0 heterocycles. The van der Waals surface area contributed by atoms with Crippen LogP contribution in [0.2, 0.25) is 0 Å². The molecule has 0 saturated heterocycles. The molecule has 0 radical (unpaired) electrons. The third-order valence-electron chi connectivity index (χ3n) is 4.01. The topological polar surface area (TPSA) is 193 Å². The zero-order valence-electron chi connectivity index (χ0n) is 19.7. The van der Waals surface area contributed by atoms with E-state index in [1.54, 1.807) is 0 Å². The predicted molar refractivity (Wildman–Crippen MR) is 102 cm³/mol. The van der Waals surface area contributed by atoms with Crippen LogP contribution in [0, 0.1) is 0 Å². The number of phosphoric acid groups is 2. The summed E-state index contributed by atoms with van der Waals surface area (Å²) in [4.78, 5) is 51.3. The fraction of sp³-hybridized carbons (Fsp3) is 1.00. The molecular weight excluding hydrogens is 618 g/mol. The van der Waals surface area contributed by atoms with Gasteiger partial charge < -0.3 is 43.6 Å². The summed E-state index contributed by atoms with van der Waals surface area (Å²) >= 11 is 0. The molecular formula is C18H38O9P2Zn3. The second-order valence-electron chi connectivity index (χ2n) is 6.92. The SMILES string of the molecule is CCCCCCCCCCCCCCCCCCO.O=P([O-])([O-])[O-].O=P([O-])([O-])[O-].[Zn+2].[Zn+2].[Zn+2]. The van der Waals surface area contributed by atoms with Crippen molar-refractivity contribution in [3.8, 4) is 0 Å². The van der Waals surface area contributed by atoms with Gasteiger partial charge in [-0.05, 0) is 6.42 Å². The van der Waals surface area contributed by atoms with Gasteiger partial charge in [-0.2, -0.15) is 15.6 Å². The van der Waals surface area contributed by atoms with Gasteiger partial charge in [0.05, 0.1) is 0 Å². The van der Waals surface area contributed by atoms with Crippen molar-refractivity contribution in [3.05, 3.63) is 0 Å². The molecule has 0 aliphatic rings. The molecule has 0 aromatic heterocycles. The van der Waals surface area contributed by atoms with E-state index in [-0.39, 0.29) is 58.4 Å². The molecule has 0 spiro atoms. The molecule has 0 aromatic rings. The minimum absolute atomic E-state index is 0. The molecule has 0 fully saturated rings. The Hall–Kier alpha value is 2.05. The van der Waals surface area contributed by atoms with Crippen LogP contribution >= 0.6 is 15.6 Å². The van der Waals surface area contributed by atoms with Crippen LogP contribution < -0.4 is 29.4 Å². The summed E-state index contributed by atoms with van der Waals surface area (Å²) in [6.07, 6.45) is 22.2. The Balaban J connectivity index is -0.000000109. The van der Waals surface area contributed by atoms with Crippen molar-refractivity contribution in [2.45, 2.75) is 110 Å². The quantitative estimate of drug-likeness (QED) is 0.141. The van der Waals surface area contributed by atoms with Gasteiger partial charge >= 0.3 is 58.4 Å². The summed E-state index contributed by atoms with van der Waals surface area (Å²) in [5.74, 6) is 0. The van der Waals surface area contributed by atoms with Crippen molar-refractivity contribution in [2.75, 3.05) is 6.61 Å². The maximum atomic E-state index is 8.67. The van der Waals surface area contributed by atoms with E-state index in [0.29, 0.717) is 6.61 Å². The van der Waals surface area contributed by atoms with Crippen LogP contribution in [0.1, 0.15) is 110 Å². The molecule has 0 aromatic carbocycles. The minimum Gasteiger partial charge on any atom is -0.822 e. The number of rotatable bonds is 16. The number of aliphatic hydroxyl groups is 1. The van der Waals surface area contributed by atoms with E-state index in [9.17, 15) is 0 Å². The van der Waals surface area contributed by atoms with Gasteiger partial charge in [0, 0.05) is 6.61 Å². The zero-order valence-corrected chi connectivity index (χ0v) is 30.4. The van der Waals surface area contributed by atoms with Crippen LogP contribution in [0.5, 0.6) is 0 Å². The molecule has 1 N–H and O–H groups in total. The first-order valence-electron chi connectivity index (χ1n) is 10.5. The maximum Gasteiger partial charge on any atom is 2.00 e. The number of hydrogen-bond acceptors (Lipinski definition) is 9. The molecule has 0 aliphatic carbocycles. The van der Waals surface area contributed by atoms with E-state index >= 15 is 0 Å². The average Bonchev–Trinajstić information content (AvgIpc) is 2.55.